The Balaban J connectivity index is 3.63. The molecule has 6 heteroatoms. The molecule has 66 valence electrons. The van der Waals surface area contributed by atoms with E-state index in [-0.39, 0.29) is 0 Å². The average Bonchev–Trinajstić information content (AvgIpc) is 1.80. The minimum absolute atomic E-state index is 0.408. The van der Waals surface area contributed by atoms with Crippen molar-refractivity contribution in [1.82, 2.24) is 0 Å². The molecule has 0 aromatic rings. The maximum atomic E-state index is 11.4. The maximum absolute atomic E-state index is 11.4. The predicted molar refractivity (Wildman–Crippen MR) is 33.4 cm³/mol. The van der Waals surface area contributed by atoms with Crippen LogP contribution in [0, 0.1) is 5.41 Å². The highest BCUT2D eigenvalue weighted by Crippen LogP contribution is 2.15. The van der Waals surface area contributed by atoms with E-state index >= 15 is 0 Å². The zero-order chi connectivity index (χ0) is 9.07. The molecule has 0 aliphatic rings. The number of rotatable bonds is 3. The molecule has 0 aliphatic heterocycles. The lowest BCUT2D eigenvalue weighted by molar-refractivity contribution is -0.177. The summed E-state index contributed by atoms with van der Waals surface area (Å²) >= 11 is 0. The Bertz CT molecular complexity index is 145. The van der Waals surface area contributed by atoms with Gasteiger partial charge in [-0.2, -0.15) is 13.2 Å². The molecule has 0 spiro atoms. The summed E-state index contributed by atoms with van der Waals surface area (Å²) in [5.74, 6) is -0.408. The highest BCUT2D eigenvalue weighted by molar-refractivity contribution is 5.81. The van der Waals surface area contributed by atoms with Gasteiger partial charge in [-0.1, -0.05) is 0 Å². The van der Waals surface area contributed by atoms with Crippen molar-refractivity contribution in [2.45, 2.75) is 19.2 Å². The second kappa shape index (κ2) is 3.56. The van der Waals surface area contributed by atoms with Crippen LogP contribution in [0.3, 0.4) is 0 Å². The lowest BCUT2D eigenvalue weighted by Gasteiger charge is -2.12. The molecule has 11 heavy (non-hydrogen) atoms. The van der Waals surface area contributed by atoms with Crippen LogP contribution in [0.25, 0.3) is 0 Å². The molecule has 0 saturated heterocycles. The van der Waals surface area contributed by atoms with Crippen molar-refractivity contribution < 1.29 is 17.9 Å². The van der Waals surface area contributed by atoms with Gasteiger partial charge in [0.25, 0.3) is 0 Å². The van der Waals surface area contributed by atoms with Crippen molar-refractivity contribution in [2.75, 3.05) is 6.61 Å². The zero-order valence-corrected chi connectivity index (χ0v) is 5.90. The van der Waals surface area contributed by atoms with Crippen LogP contribution in [-0.4, -0.2) is 24.7 Å². The van der Waals surface area contributed by atoms with E-state index in [9.17, 15) is 13.2 Å². The smallest absolute Gasteiger partial charge is 0.385 e. The van der Waals surface area contributed by atoms with Crippen molar-refractivity contribution in [2.24, 2.45) is 5.73 Å². The Morgan fingerprint density at radius 2 is 2.09 bits per heavy atom. The van der Waals surface area contributed by atoms with Gasteiger partial charge in [0.2, 0.25) is 0 Å². The van der Waals surface area contributed by atoms with Gasteiger partial charge in [-0.3, -0.25) is 5.41 Å². The maximum Gasteiger partial charge on any atom is 0.411 e. The lowest BCUT2D eigenvalue weighted by atomic mass is 10.4. The number of ether oxygens (including phenoxy) is 1. The number of hydrogen-bond acceptors (Lipinski definition) is 2. The second-order valence-electron chi connectivity index (χ2n) is 2.02. The van der Waals surface area contributed by atoms with E-state index in [2.05, 4.69) is 4.74 Å². The largest absolute Gasteiger partial charge is 0.411 e. The molecular weight excluding hydrogens is 161 g/mol. The summed E-state index contributed by atoms with van der Waals surface area (Å²) in [5.41, 5.74) is 4.86. The van der Waals surface area contributed by atoms with Gasteiger partial charge in [-0.15, -0.1) is 0 Å². The molecular formula is C5H9F3N2O. The Morgan fingerprint density at radius 1 is 1.64 bits per heavy atom. The van der Waals surface area contributed by atoms with Crippen LogP contribution in [0.1, 0.15) is 6.92 Å². The van der Waals surface area contributed by atoms with Crippen LogP contribution in [0.15, 0.2) is 0 Å². The Kier molecular flexibility index (Phi) is 3.31. The van der Waals surface area contributed by atoms with E-state index in [1.54, 1.807) is 0 Å². The SMILES string of the molecule is CC(OCC(F)(F)F)C(=N)N. The third-order valence-corrected chi connectivity index (χ3v) is 0.935. The number of halogens is 3. The highest BCUT2D eigenvalue weighted by atomic mass is 19.4. The molecule has 3 nitrogen and oxygen atoms in total. The molecule has 3 N–H and O–H groups in total. The van der Waals surface area contributed by atoms with E-state index in [0.717, 1.165) is 0 Å². The monoisotopic (exact) mass is 170 g/mol. The van der Waals surface area contributed by atoms with Gasteiger partial charge in [0.15, 0.2) is 0 Å². The number of nitrogens with two attached hydrogens (primary N) is 1. The number of amidine groups is 1. The van der Waals surface area contributed by atoms with Crippen LogP contribution >= 0.6 is 0 Å². The summed E-state index contributed by atoms with van der Waals surface area (Å²) < 4.78 is 38.5. The average molecular weight is 170 g/mol. The quantitative estimate of drug-likeness (QED) is 0.488. The van der Waals surface area contributed by atoms with Gasteiger partial charge >= 0.3 is 6.18 Å². The van der Waals surface area contributed by atoms with Crippen molar-refractivity contribution in [3.8, 4) is 0 Å². The molecule has 0 bridgehead atoms. The minimum atomic E-state index is -4.36. The van der Waals surface area contributed by atoms with Crippen LogP contribution < -0.4 is 5.73 Å². The molecule has 1 unspecified atom stereocenters. The summed E-state index contributed by atoms with van der Waals surface area (Å²) in [6.07, 6.45) is -5.33. The van der Waals surface area contributed by atoms with E-state index < -0.39 is 24.7 Å². The van der Waals surface area contributed by atoms with Crippen molar-refractivity contribution in [3.63, 3.8) is 0 Å². The first kappa shape index (κ1) is 10.2. The topological polar surface area (TPSA) is 59.1 Å². The molecule has 0 heterocycles. The third kappa shape index (κ3) is 5.65. The van der Waals surface area contributed by atoms with Crippen LogP contribution in [0.5, 0.6) is 0 Å². The van der Waals surface area contributed by atoms with Gasteiger partial charge in [0, 0.05) is 0 Å². The standard InChI is InChI=1S/C5H9F3N2O/c1-3(4(9)10)11-2-5(6,7)8/h3H,2H2,1H3,(H3,9,10). The first-order chi connectivity index (χ1) is 4.83. The molecule has 0 fully saturated rings. The molecule has 0 rings (SSSR count). The van der Waals surface area contributed by atoms with Crippen molar-refractivity contribution >= 4 is 5.84 Å². The lowest BCUT2D eigenvalue weighted by Crippen LogP contribution is -2.31. The van der Waals surface area contributed by atoms with Gasteiger partial charge in [-0.05, 0) is 6.92 Å². The van der Waals surface area contributed by atoms with E-state index in [1.165, 1.54) is 6.92 Å². The van der Waals surface area contributed by atoms with Gasteiger partial charge in [0.05, 0.1) is 0 Å². The first-order valence-corrected chi connectivity index (χ1v) is 2.85. The van der Waals surface area contributed by atoms with E-state index in [4.69, 9.17) is 11.1 Å². The van der Waals surface area contributed by atoms with E-state index in [0.29, 0.717) is 0 Å². The summed E-state index contributed by atoms with van der Waals surface area (Å²) in [6.45, 7) is -0.0815. The summed E-state index contributed by atoms with van der Waals surface area (Å²) in [4.78, 5) is 0. The van der Waals surface area contributed by atoms with Crippen molar-refractivity contribution in [1.29, 1.82) is 5.41 Å². The fraction of sp³-hybridized carbons (Fsp3) is 0.800. The predicted octanol–water partition coefficient (Wildman–Crippen LogP) is 0.890. The van der Waals surface area contributed by atoms with E-state index in [1.807, 2.05) is 0 Å². The van der Waals surface area contributed by atoms with Crippen LogP contribution in [0.2, 0.25) is 0 Å². The molecule has 0 aromatic carbocycles. The molecule has 0 radical (unpaired) electrons. The Hall–Kier alpha value is -0.780. The van der Waals surface area contributed by atoms with Crippen LogP contribution in [-0.2, 0) is 4.74 Å². The number of hydrogen-bond donors (Lipinski definition) is 2. The molecule has 0 aromatic heterocycles. The fourth-order valence-corrected chi connectivity index (χ4v) is 0.309. The third-order valence-electron chi connectivity index (χ3n) is 0.935. The molecule has 0 amide bonds. The normalized spacial score (nSPS) is 14.5. The number of alkyl halides is 3. The Labute approximate surface area is 61.8 Å². The minimum Gasteiger partial charge on any atom is -0.385 e. The number of nitrogens with one attached hydrogen (secondary N) is 1. The zero-order valence-electron chi connectivity index (χ0n) is 5.90. The molecule has 0 saturated carbocycles. The summed E-state index contributed by atoms with van der Waals surface area (Å²) in [5, 5.41) is 6.69. The second-order valence-corrected chi connectivity index (χ2v) is 2.02. The molecule has 1 atom stereocenters. The summed E-state index contributed by atoms with van der Waals surface area (Å²) in [6, 6.07) is 0. The first-order valence-electron chi connectivity index (χ1n) is 2.85. The van der Waals surface area contributed by atoms with Gasteiger partial charge in [-0.25, -0.2) is 0 Å². The Morgan fingerprint density at radius 3 is 2.36 bits per heavy atom. The van der Waals surface area contributed by atoms with Gasteiger partial charge in [0.1, 0.15) is 18.5 Å². The summed E-state index contributed by atoms with van der Waals surface area (Å²) in [7, 11) is 0. The highest BCUT2D eigenvalue weighted by Gasteiger charge is 2.28. The van der Waals surface area contributed by atoms with Crippen molar-refractivity contribution in [3.05, 3.63) is 0 Å². The fourth-order valence-electron chi connectivity index (χ4n) is 0.309. The van der Waals surface area contributed by atoms with Gasteiger partial charge < -0.3 is 10.5 Å². The van der Waals surface area contributed by atoms with Crippen LogP contribution in [0.4, 0.5) is 13.2 Å². The molecule has 0 aliphatic carbocycles.